The summed E-state index contributed by atoms with van der Waals surface area (Å²) in [4.78, 5) is 3.63. The number of fused-ring (bicyclic) bond motifs is 1. The van der Waals surface area contributed by atoms with Crippen LogP contribution in [-0.4, -0.2) is 34.1 Å². The molecule has 2 heterocycles. The highest BCUT2D eigenvalue weighted by atomic mass is 19.4. The first-order valence-corrected chi connectivity index (χ1v) is 8.84. The van der Waals surface area contributed by atoms with Crippen molar-refractivity contribution in [2.45, 2.75) is 12.2 Å². The van der Waals surface area contributed by atoms with Crippen LogP contribution < -0.4 is 14.8 Å². The Labute approximate surface area is 169 Å². The van der Waals surface area contributed by atoms with E-state index in [1.807, 2.05) is 0 Å². The molecule has 1 aliphatic rings. The third kappa shape index (κ3) is 3.40. The second-order valence-electron chi connectivity index (χ2n) is 6.48. The quantitative estimate of drug-likeness (QED) is 0.665. The molecule has 0 spiro atoms. The van der Waals surface area contributed by atoms with Gasteiger partial charge >= 0.3 is 6.18 Å². The van der Waals surface area contributed by atoms with E-state index in [0.717, 1.165) is 4.68 Å². The van der Waals surface area contributed by atoms with E-state index in [-0.39, 0.29) is 11.7 Å². The number of rotatable bonds is 4. The summed E-state index contributed by atoms with van der Waals surface area (Å²) < 4.78 is 51.8. The number of nitrogens with one attached hydrogen (secondary N) is 1. The number of phenols is 1. The molecule has 0 saturated carbocycles. The molecule has 10 heteroatoms. The number of hydrogen-bond acceptors (Lipinski definition) is 6. The number of aromatic nitrogens is 3. The summed E-state index contributed by atoms with van der Waals surface area (Å²) >= 11 is 0. The largest absolute Gasteiger partial charge is 0.508 e. The molecule has 0 radical (unpaired) electrons. The number of ether oxygens (including phenoxy) is 2. The van der Waals surface area contributed by atoms with Gasteiger partial charge in [-0.1, -0.05) is 24.3 Å². The molecule has 4 rings (SSSR count). The Morgan fingerprint density at radius 2 is 1.87 bits per heavy atom. The standard InChI is InChI=1S/C20H17F3N4O3/c1-29-16-8-4-7-13(17(16)30-2)15-10-14(11-5-3-6-12(28)9-11)24-19-25-18(20(21,22)23)26-27(15)19/h3-10,15,28H,1-2H3,(H,24,25,26)/t15-/m0/s1. The average molecular weight is 418 g/mol. The molecule has 0 amide bonds. The first-order chi connectivity index (χ1) is 14.3. The molecular formula is C20H17F3N4O3. The third-order valence-corrected chi connectivity index (χ3v) is 4.63. The van der Waals surface area contributed by atoms with Gasteiger partial charge in [0.05, 0.1) is 14.2 Å². The molecule has 30 heavy (non-hydrogen) atoms. The van der Waals surface area contributed by atoms with Crippen LogP contribution in [0.25, 0.3) is 5.70 Å². The van der Waals surface area contributed by atoms with Gasteiger partial charge in [0.1, 0.15) is 11.8 Å². The fraction of sp³-hybridized carbons (Fsp3) is 0.200. The van der Waals surface area contributed by atoms with Gasteiger partial charge in [-0.05, 0) is 24.3 Å². The van der Waals surface area contributed by atoms with Crippen molar-refractivity contribution < 1.29 is 27.8 Å². The summed E-state index contributed by atoms with van der Waals surface area (Å²) in [6.07, 6.45) is -3.02. The lowest BCUT2D eigenvalue weighted by Gasteiger charge is -2.26. The predicted octanol–water partition coefficient (Wildman–Crippen LogP) is 4.08. The Bertz CT molecular complexity index is 1120. The van der Waals surface area contributed by atoms with Crippen molar-refractivity contribution in [1.82, 2.24) is 14.8 Å². The van der Waals surface area contributed by atoms with E-state index in [0.29, 0.717) is 28.3 Å². The Hall–Kier alpha value is -3.69. The minimum atomic E-state index is -4.71. The van der Waals surface area contributed by atoms with Crippen molar-refractivity contribution in [3.8, 4) is 17.2 Å². The zero-order valence-electron chi connectivity index (χ0n) is 15.9. The number of methoxy groups -OCH3 is 2. The maximum absolute atomic E-state index is 13.3. The number of allylic oxidation sites excluding steroid dienone is 1. The molecule has 1 atom stereocenters. The first-order valence-electron chi connectivity index (χ1n) is 8.84. The number of anilines is 1. The van der Waals surface area contributed by atoms with E-state index in [4.69, 9.17) is 9.47 Å². The predicted molar refractivity (Wildman–Crippen MR) is 102 cm³/mol. The van der Waals surface area contributed by atoms with Crippen LogP contribution in [0.1, 0.15) is 23.0 Å². The lowest BCUT2D eigenvalue weighted by molar-refractivity contribution is -0.145. The zero-order chi connectivity index (χ0) is 21.5. The van der Waals surface area contributed by atoms with Crippen LogP contribution in [-0.2, 0) is 6.18 Å². The number of aromatic hydroxyl groups is 1. The minimum absolute atomic E-state index is 0.0220. The van der Waals surface area contributed by atoms with Crippen molar-refractivity contribution in [1.29, 1.82) is 0 Å². The summed E-state index contributed by atoms with van der Waals surface area (Å²) in [7, 11) is 2.92. The fourth-order valence-corrected chi connectivity index (χ4v) is 3.32. The SMILES string of the molecule is COc1cccc([C@@H]2C=C(c3cccc(O)c3)Nc3nc(C(F)(F)F)nn32)c1OC. The fourth-order valence-electron chi connectivity index (χ4n) is 3.32. The number of para-hydroxylation sites is 1. The average Bonchev–Trinajstić information content (AvgIpc) is 3.17. The van der Waals surface area contributed by atoms with Gasteiger partial charge in [-0.25, -0.2) is 4.68 Å². The molecule has 1 aliphatic heterocycles. The smallest absolute Gasteiger partial charge is 0.453 e. The molecule has 3 aromatic rings. The minimum Gasteiger partial charge on any atom is -0.508 e. The lowest BCUT2D eigenvalue weighted by Crippen LogP contribution is -2.21. The number of benzene rings is 2. The highest BCUT2D eigenvalue weighted by Crippen LogP contribution is 2.41. The van der Waals surface area contributed by atoms with E-state index < -0.39 is 18.0 Å². The van der Waals surface area contributed by atoms with E-state index in [2.05, 4.69) is 15.4 Å². The van der Waals surface area contributed by atoms with Crippen LogP contribution in [0, 0.1) is 0 Å². The van der Waals surface area contributed by atoms with Gasteiger partial charge in [0, 0.05) is 16.8 Å². The van der Waals surface area contributed by atoms with E-state index in [9.17, 15) is 18.3 Å². The summed E-state index contributed by atoms with van der Waals surface area (Å²) in [5.74, 6) is -0.527. The zero-order valence-corrected chi connectivity index (χ0v) is 15.9. The molecule has 0 aliphatic carbocycles. The molecule has 2 aromatic carbocycles. The molecule has 0 bridgehead atoms. The Morgan fingerprint density at radius 3 is 2.53 bits per heavy atom. The Kier molecular flexibility index (Phi) is 4.76. The van der Waals surface area contributed by atoms with Gasteiger partial charge in [0.15, 0.2) is 11.5 Å². The summed E-state index contributed by atoms with van der Waals surface area (Å²) in [6, 6.07) is 10.7. The van der Waals surface area contributed by atoms with Gasteiger partial charge < -0.3 is 19.9 Å². The van der Waals surface area contributed by atoms with Gasteiger partial charge in [0.2, 0.25) is 5.95 Å². The molecule has 0 fully saturated rings. The molecule has 7 nitrogen and oxygen atoms in total. The van der Waals surface area contributed by atoms with Crippen LogP contribution in [0.15, 0.2) is 48.5 Å². The Balaban J connectivity index is 1.92. The first kappa shape index (κ1) is 19.6. The van der Waals surface area contributed by atoms with Crippen molar-refractivity contribution in [2.24, 2.45) is 0 Å². The van der Waals surface area contributed by atoms with Gasteiger partial charge in [-0.3, -0.25) is 0 Å². The van der Waals surface area contributed by atoms with Crippen LogP contribution >= 0.6 is 0 Å². The highest BCUT2D eigenvalue weighted by molar-refractivity contribution is 5.78. The Morgan fingerprint density at radius 1 is 1.10 bits per heavy atom. The van der Waals surface area contributed by atoms with E-state index >= 15 is 0 Å². The van der Waals surface area contributed by atoms with Crippen molar-refractivity contribution in [2.75, 3.05) is 19.5 Å². The summed E-state index contributed by atoms with van der Waals surface area (Å²) in [5.41, 5.74) is 1.58. The van der Waals surface area contributed by atoms with Crippen molar-refractivity contribution in [3.05, 3.63) is 65.5 Å². The maximum Gasteiger partial charge on any atom is 0.453 e. The van der Waals surface area contributed by atoms with E-state index in [1.165, 1.54) is 26.4 Å². The van der Waals surface area contributed by atoms with Crippen LogP contribution in [0.3, 0.4) is 0 Å². The molecule has 0 saturated heterocycles. The summed E-state index contributed by atoms with van der Waals surface area (Å²) in [6.45, 7) is 0. The van der Waals surface area contributed by atoms with Crippen LogP contribution in [0.5, 0.6) is 17.2 Å². The lowest BCUT2D eigenvalue weighted by atomic mass is 10.0. The number of nitrogens with zero attached hydrogens (tertiary/aromatic N) is 3. The number of alkyl halides is 3. The van der Waals surface area contributed by atoms with Gasteiger partial charge in [-0.2, -0.15) is 18.2 Å². The van der Waals surface area contributed by atoms with E-state index in [1.54, 1.807) is 36.4 Å². The molecule has 2 N–H and O–H groups in total. The van der Waals surface area contributed by atoms with Crippen LogP contribution in [0.4, 0.5) is 19.1 Å². The molecule has 0 unspecified atom stereocenters. The normalized spacial score (nSPS) is 15.8. The highest BCUT2D eigenvalue weighted by Gasteiger charge is 2.39. The van der Waals surface area contributed by atoms with Crippen molar-refractivity contribution in [3.63, 3.8) is 0 Å². The van der Waals surface area contributed by atoms with Crippen molar-refractivity contribution >= 4 is 11.6 Å². The monoisotopic (exact) mass is 418 g/mol. The number of phenolic OH excluding ortho intramolecular Hbond substituents is 1. The third-order valence-electron chi connectivity index (χ3n) is 4.63. The molecule has 1 aromatic heterocycles. The second-order valence-corrected chi connectivity index (χ2v) is 6.48. The van der Waals surface area contributed by atoms with Gasteiger partial charge in [-0.15, -0.1) is 5.10 Å². The topological polar surface area (TPSA) is 81.4 Å². The maximum atomic E-state index is 13.3. The summed E-state index contributed by atoms with van der Waals surface area (Å²) in [5, 5.41) is 16.4. The number of hydrogen-bond donors (Lipinski definition) is 2. The van der Waals surface area contributed by atoms with Crippen LogP contribution in [0.2, 0.25) is 0 Å². The number of halogens is 3. The van der Waals surface area contributed by atoms with Gasteiger partial charge in [0.25, 0.3) is 5.82 Å². The molecular weight excluding hydrogens is 401 g/mol. The second kappa shape index (κ2) is 7.29. The molecule has 156 valence electrons.